The molecule has 0 aliphatic rings. The third kappa shape index (κ3) is 4.77. The van der Waals surface area contributed by atoms with E-state index >= 15 is 0 Å². The van der Waals surface area contributed by atoms with Gasteiger partial charge in [-0.3, -0.25) is 14.4 Å². The van der Waals surface area contributed by atoms with Gasteiger partial charge in [0.25, 0.3) is 11.5 Å². The lowest BCUT2D eigenvalue weighted by molar-refractivity contribution is -0.173. The molecule has 0 bridgehead atoms. The van der Waals surface area contributed by atoms with Crippen LogP contribution in [0.2, 0.25) is 0 Å². The van der Waals surface area contributed by atoms with Gasteiger partial charge < -0.3 is 10.6 Å². The highest BCUT2D eigenvalue weighted by molar-refractivity contribution is 5.92. The number of nitrogens with one attached hydrogen (secondary N) is 3. The summed E-state index contributed by atoms with van der Waals surface area (Å²) in [6.07, 6.45) is -4.95. The summed E-state index contributed by atoms with van der Waals surface area (Å²) in [5.41, 5.74) is -0.587. The SMILES string of the molecule is O=C(NCCNC(=O)C(F)(F)F)c1ccc(=O)[nH]n1. The maximum atomic E-state index is 11.8. The lowest BCUT2D eigenvalue weighted by Crippen LogP contribution is -2.41. The van der Waals surface area contributed by atoms with Gasteiger partial charge in [-0.2, -0.15) is 18.3 Å². The Balaban J connectivity index is 2.34. The zero-order valence-electron chi connectivity index (χ0n) is 9.37. The Morgan fingerprint density at radius 1 is 1.21 bits per heavy atom. The number of carbonyl (C=O) groups excluding carboxylic acids is 2. The molecule has 0 fully saturated rings. The number of halogens is 3. The molecule has 1 rings (SSSR count). The lowest BCUT2D eigenvalue weighted by atomic mass is 10.3. The minimum Gasteiger partial charge on any atom is -0.349 e. The molecular weight excluding hydrogens is 269 g/mol. The summed E-state index contributed by atoms with van der Waals surface area (Å²) >= 11 is 0. The van der Waals surface area contributed by atoms with Gasteiger partial charge in [-0.25, -0.2) is 5.10 Å². The molecule has 0 aliphatic heterocycles. The molecule has 19 heavy (non-hydrogen) atoms. The number of nitrogens with zero attached hydrogens (tertiary/aromatic N) is 1. The van der Waals surface area contributed by atoms with Gasteiger partial charge in [0.2, 0.25) is 0 Å². The molecule has 0 spiro atoms. The Bertz CT molecular complexity index is 506. The van der Waals surface area contributed by atoms with Crippen LogP contribution in [0.3, 0.4) is 0 Å². The number of carbonyl (C=O) groups is 2. The lowest BCUT2D eigenvalue weighted by Gasteiger charge is -2.08. The molecule has 0 aromatic carbocycles. The Kier molecular flexibility index (Phi) is 4.62. The first-order valence-electron chi connectivity index (χ1n) is 4.99. The average Bonchev–Trinajstić information content (AvgIpc) is 2.33. The summed E-state index contributed by atoms with van der Waals surface area (Å²) in [4.78, 5) is 32.5. The van der Waals surface area contributed by atoms with Crippen LogP contribution < -0.4 is 16.2 Å². The van der Waals surface area contributed by atoms with Gasteiger partial charge in [-0.05, 0) is 6.07 Å². The van der Waals surface area contributed by atoms with Gasteiger partial charge in [0.15, 0.2) is 0 Å². The maximum Gasteiger partial charge on any atom is 0.471 e. The first-order chi connectivity index (χ1) is 8.80. The van der Waals surface area contributed by atoms with Gasteiger partial charge in [0.1, 0.15) is 5.69 Å². The van der Waals surface area contributed by atoms with Crippen molar-refractivity contribution in [2.24, 2.45) is 0 Å². The highest BCUT2D eigenvalue weighted by Crippen LogP contribution is 2.13. The van der Waals surface area contributed by atoms with Crippen molar-refractivity contribution in [3.63, 3.8) is 0 Å². The van der Waals surface area contributed by atoms with Crippen molar-refractivity contribution < 1.29 is 22.8 Å². The molecular formula is C9H9F3N4O3. The van der Waals surface area contributed by atoms with Crippen molar-refractivity contribution in [2.45, 2.75) is 6.18 Å². The van der Waals surface area contributed by atoms with Crippen LogP contribution in [0.5, 0.6) is 0 Å². The van der Waals surface area contributed by atoms with Crippen molar-refractivity contribution >= 4 is 11.8 Å². The Morgan fingerprint density at radius 3 is 2.37 bits per heavy atom. The second-order valence-corrected chi connectivity index (χ2v) is 3.32. The molecule has 0 saturated carbocycles. The van der Waals surface area contributed by atoms with Crippen LogP contribution in [0, 0.1) is 0 Å². The molecule has 1 aromatic heterocycles. The summed E-state index contributed by atoms with van der Waals surface area (Å²) in [5, 5.41) is 9.24. The fourth-order valence-corrected chi connectivity index (χ4v) is 1.01. The van der Waals surface area contributed by atoms with Crippen LogP contribution >= 0.6 is 0 Å². The second kappa shape index (κ2) is 5.98. The van der Waals surface area contributed by atoms with Crippen molar-refractivity contribution in [1.82, 2.24) is 20.8 Å². The largest absolute Gasteiger partial charge is 0.471 e. The minimum atomic E-state index is -4.95. The number of aromatic nitrogens is 2. The molecule has 1 aromatic rings. The summed E-state index contributed by atoms with van der Waals surface area (Å²) in [5.74, 6) is -2.76. The summed E-state index contributed by atoms with van der Waals surface area (Å²) in [7, 11) is 0. The predicted molar refractivity (Wildman–Crippen MR) is 56.3 cm³/mol. The number of H-pyrrole nitrogens is 1. The van der Waals surface area contributed by atoms with Crippen LogP contribution in [0.25, 0.3) is 0 Å². The molecule has 7 nitrogen and oxygen atoms in total. The second-order valence-electron chi connectivity index (χ2n) is 3.32. The number of aromatic amines is 1. The van der Waals surface area contributed by atoms with E-state index < -0.39 is 23.5 Å². The number of hydrogen-bond donors (Lipinski definition) is 3. The molecule has 0 atom stereocenters. The van der Waals surface area contributed by atoms with Crippen molar-refractivity contribution in [2.75, 3.05) is 13.1 Å². The molecule has 10 heteroatoms. The van der Waals surface area contributed by atoms with E-state index in [4.69, 9.17) is 0 Å². The van der Waals surface area contributed by atoms with Crippen LogP contribution in [0.1, 0.15) is 10.5 Å². The maximum absolute atomic E-state index is 11.8. The molecule has 0 radical (unpaired) electrons. The van der Waals surface area contributed by atoms with Gasteiger partial charge in [-0.1, -0.05) is 0 Å². The van der Waals surface area contributed by atoms with E-state index in [0.29, 0.717) is 0 Å². The number of alkyl halides is 3. The van der Waals surface area contributed by atoms with Crippen LogP contribution in [0.4, 0.5) is 13.2 Å². The number of amides is 2. The predicted octanol–water partition coefficient (Wildman–Crippen LogP) is -0.822. The Labute approximate surface area is 104 Å². The fraction of sp³-hybridized carbons (Fsp3) is 0.333. The van der Waals surface area contributed by atoms with E-state index in [1.807, 2.05) is 5.10 Å². The van der Waals surface area contributed by atoms with Crippen molar-refractivity contribution in [1.29, 1.82) is 0 Å². The first-order valence-corrected chi connectivity index (χ1v) is 4.99. The van der Waals surface area contributed by atoms with Gasteiger partial charge in [0.05, 0.1) is 0 Å². The molecule has 104 valence electrons. The van der Waals surface area contributed by atoms with Crippen LogP contribution in [0.15, 0.2) is 16.9 Å². The molecule has 3 N–H and O–H groups in total. The van der Waals surface area contributed by atoms with Gasteiger partial charge >= 0.3 is 12.1 Å². The zero-order valence-corrected chi connectivity index (χ0v) is 9.37. The topological polar surface area (TPSA) is 104 Å². The van der Waals surface area contributed by atoms with E-state index in [9.17, 15) is 27.6 Å². The minimum absolute atomic E-state index is 0.0956. The van der Waals surface area contributed by atoms with E-state index in [0.717, 1.165) is 12.1 Å². The van der Waals surface area contributed by atoms with Gasteiger partial charge in [0, 0.05) is 19.2 Å². The third-order valence-corrected chi connectivity index (χ3v) is 1.87. The van der Waals surface area contributed by atoms with Crippen molar-refractivity contribution in [3.8, 4) is 0 Å². The summed E-state index contributed by atoms with van der Waals surface area (Å²) in [6.45, 7) is -0.588. The molecule has 0 saturated heterocycles. The van der Waals surface area contributed by atoms with E-state index in [1.54, 1.807) is 5.32 Å². The summed E-state index contributed by atoms with van der Waals surface area (Å²) in [6, 6.07) is 2.23. The standard InChI is InChI=1S/C9H9F3N4O3/c10-9(11,12)8(19)14-4-3-13-7(18)5-1-2-6(17)16-15-5/h1-2H,3-4H2,(H,13,18)(H,14,19)(H,16,17). The number of rotatable bonds is 4. The Morgan fingerprint density at radius 2 is 1.84 bits per heavy atom. The third-order valence-electron chi connectivity index (χ3n) is 1.87. The molecule has 1 heterocycles. The fourth-order valence-electron chi connectivity index (χ4n) is 1.01. The van der Waals surface area contributed by atoms with E-state index in [-0.39, 0.29) is 18.8 Å². The quantitative estimate of drug-likeness (QED) is 0.626. The van der Waals surface area contributed by atoms with E-state index in [2.05, 4.69) is 10.4 Å². The Hall–Kier alpha value is -2.39. The average molecular weight is 278 g/mol. The van der Waals surface area contributed by atoms with Crippen LogP contribution in [-0.4, -0.2) is 41.3 Å². The van der Waals surface area contributed by atoms with Crippen LogP contribution in [-0.2, 0) is 4.79 Å². The number of hydrogen-bond acceptors (Lipinski definition) is 4. The smallest absolute Gasteiger partial charge is 0.349 e. The zero-order chi connectivity index (χ0) is 14.5. The van der Waals surface area contributed by atoms with Gasteiger partial charge in [-0.15, -0.1) is 0 Å². The van der Waals surface area contributed by atoms with Crippen molar-refractivity contribution in [3.05, 3.63) is 28.2 Å². The normalized spacial score (nSPS) is 10.9. The molecule has 0 aliphatic carbocycles. The first kappa shape index (κ1) is 14.7. The molecule has 2 amide bonds. The monoisotopic (exact) mass is 278 g/mol. The summed E-state index contributed by atoms with van der Waals surface area (Å²) < 4.78 is 35.4. The highest BCUT2D eigenvalue weighted by atomic mass is 19.4. The highest BCUT2D eigenvalue weighted by Gasteiger charge is 2.38. The van der Waals surface area contributed by atoms with E-state index in [1.165, 1.54) is 0 Å². The molecule has 0 unspecified atom stereocenters.